The number of likely N-dealkylation sites (tertiary alicyclic amines) is 1. The predicted molar refractivity (Wildman–Crippen MR) is 112 cm³/mol. The maximum absolute atomic E-state index is 12.3. The lowest BCUT2D eigenvalue weighted by atomic mass is 10.1. The molecule has 2 amide bonds. The van der Waals surface area contributed by atoms with Crippen LogP contribution in [-0.2, 0) is 16.0 Å². The maximum Gasteiger partial charge on any atom is 0.573 e. The van der Waals surface area contributed by atoms with E-state index < -0.39 is 6.36 Å². The van der Waals surface area contributed by atoms with Crippen LogP contribution in [0, 0.1) is 0 Å². The number of alkyl halides is 3. The number of piperidine rings is 1. The van der Waals surface area contributed by atoms with Crippen molar-refractivity contribution >= 4 is 34.2 Å². The van der Waals surface area contributed by atoms with Crippen molar-refractivity contribution in [3.05, 3.63) is 35.3 Å². The first-order valence-electron chi connectivity index (χ1n) is 10.00. The van der Waals surface area contributed by atoms with Crippen LogP contribution in [-0.4, -0.2) is 54.0 Å². The molecule has 2 heterocycles. The van der Waals surface area contributed by atoms with Gasteiger partial charge in [0.05, 0.1) is 18.7 Å². The fraction of sp³-hybridized carbons (Fsp3) is 0.450. The number of nitrogens with zero attached hydrogens (tertiary/aromatic N) is 2. The van der Waals surface area contributed by atoms with Gasteiger partial charge in [0.25, 0.3) is 0 Å². The Hall–Kier alpha value is -3.02. The van der Waals surface area contributed by atoms with Gasteiger partial charge >= 0.3 is 12.5 Å². The molecular formula is C20H23F3N4O4S. The van der Waals surface area contributed by atoms with E-state index in [4.69, 9.17) is 4.74 Å². The van der Waals surface area contributed by atoms with Crippen LogP contribution in [0.3, 0.4) is 0 Å². The number of nitrogens with one attached hydrogen (secondary N) is 2. The third-order valence-corrected chi connectivity index (χ3v) is 5.43. The number of rotatable bonds is 7. The van der Waals surface area contributed by atoms with Gasteiger partial charge in [0.2, 0.25) is 5.91 Å². The number of hydrogen-bond donors (Lipinski definition) is 2. The molecule has 0 saturated carbocycles. The quantitative estimate of drug-likeness (QED) is 0.631. The van der Waals surface area contributed by atoms with E-state index in [9.17, 15) is 22.8 Å². The fourth-order valence-corrected chi connectivity index (χ4v) is 3.90. The molecule has 0 spiro atoms. The number of hydrogen-bond acceptors (Lipinski definition) is 7. The second-order valence-electron chi connectivity index (χ2n) is 7.05. The van der Waals surface area contributed by atoms with E-state index in [-0.39, 0.29) is 30.2 Å². The van der Waals surface area contributed by atoms with Crippen molar-refractivity contribution in [2.24, 2.45) is 0 Å². The normalized spacial score (nSPS) is 14.7. The minimum atomic E-state index is -4.74. The summed E-state index contributed by atoms with van der Waals surface area (Å²) in [6.45, 7) is 3.15. The van der Waals surface area contributed by atoms with Gasteiger partial charge in [-0.25, -0.2) is 9.78 Å². The van der Waals surface area contributed by atoms with Gasteiger partial charge in [0, 0.05) is 30.2 Å². The Morgan fingerprint density at radius 3 is 2.53 bits per heavy atom. The molecule has 32 heavy (non-hydrogen) atoms. The lowest BCUT2D eigenvalue weighted by Gasteiger charge is -2.31. The van der Waals surface area contributed by atoms with Crippen molar-refractivity contribution in [1.82, 2.24) is 15.2 Å². The zero-order valence-electron chi connectivity index (χ0n) is 17.3. The average Bonchev–Trinajstić information content (AvgIpc) is 3.15. The Kier molecular flexibility index (Phi) is 7.78. The second-order valence-corrected chi connectivity index (χ2v) is 7.90. The number of amides is 2. The van der Waals surface area contributed by atoms with Gasteiger partial charge in [0.1, 0.15) is 5.75 Å². The molecule has 1 aliphatic rings. The summed E-state index contributed by atoms with van der Waals surface area (Å²) in [5.74, 6) is -0.474. The summed E-state index contributed by atoms with van der Waals surface area (Å²) in [7, 11) is 0. The molecule has 2 N–H and O–H groups in total. The number of benzene rings is 1. The minimum absolute atomic E-state index is 0.0122. The van der Waals surface area contributed by atoms with E-state index >= 15 is 0 Å². The smallest absolute Gasteiger partial charge is 0.450 e. The SMILES string of the molecule is CCOC(=O)N1CCC(NC(=O)Cc2csc(Nc3ccc(OC(F)(F)F)cc3)n2)CC1. The summed E-state index contributed by atoms with van der Waals surface area (Å²) in [5.41, 5.74) is 1.12. The highest BCUT2D eigenvalue weighted by Crippen LogP contribution is 2.26. The van der Waals surface area contributed by atoms with Gasteiger partial charge in [-0.15, -0.1) is 24.5 Å². The van der Waals surface area contributed by atoms with Crippen LogP contribution in [0.5, 0.6) is 5.75 Å². The first-order valence-corrected chi connectivity index (χ1v) is 10.9. The number of halogens is 3. The Morgan fingerprint density at radius 1 is 1.22 bits per heavy atom. The maximum atomic E-state index is 12.3. The third kappa shape index (κ3) is 7.29. The van der Waals surface area contributed by atoms with Gasteiger partial charge in [-0.3, -0.25) is 4.79 Å². The van der Waals surface area contributed by atoms with Crippen molar-refractivity contribution in [3.8, 4) is 5.75 Å². The van der Waals surface area contributed by atoms with E-state index in [1.54, 1.807) is 17.2 Å². The number of anilines is 2. The van der Waals surface area contributed by atoms with Crippen LogP contribution < -0.4 is 15.4 Å². The lowest BCUT2D eigenvalue weighted by molar-refractivity contribution is -0.274. The summed E-state index contributed by atoms with van der Waals surface area (Å²) >= 11 is 1.28. The fourth-order valence-electron chi connectivity index (χ4n) is 3.17. The number of carbonyl (C=O) groups is 2. The lowest BCUT2D eigenvalue weighted by Crippen LogP contribution is -2.47. The molecule has 0 unspecified atom stereocenters. The summed E-state index contributed by atoms with van der Waals surface area (Å²) in [4.78, 5) is 30.0. The summed E-state index contributed by atoms with van der Waals surface area (Å²) in [6.07, 6.45) is -3.65. The number of aromatic nitrogens is 1. The monoisotopic (exact) mass is 472 g/mol. The van der Waals surface area contributed by atoms with Gasteiger partial charge in [-0.05, 0) is 44.0 Å². The highest BCUT2D eigenvalue weighted by molar-refractivity contribution is 7.13. The third-order valence-electron chi connectivity index (χ3n) is 4.62. The highest BCUT2D eigenvalue weighted by Gasteiger charge is 2.31. The van der Waals surface area contributed by atoms with Crippen LogP contribution in [0.4, 0.5) is 28.8 Å². The molecule has 1 fully saturated rings. The molecule has 1 aliphatic heterocycles. The van der Waals surface area contributed by atoms with Crippen LogP contribution in [0.1, 0.15) is 25.5 Å². The van der Waals surface area contributed by atoms with Gasteiger partial charge in [-0.1, -0.05) is 0 Å². The van der Waals surface area contributed by atoms with Crippen molar-refractivity contribution in [2.45, 2.75) is 38.6 Å². The van der Waals surface area contributed by atoms with Crippen LogP contribution in [0.25, 0.3) is 0 Å². The Morgan fingerprint density at radius 2 is 1.91 bits per heavy atom. The molecule has 1 saturated heterocycles. The van der Waals surface area contributed by atoms with E-state index in [1.807, 2.05) is 0 Å². The molecule has 8 nitrogen and oxygen atoms in total. The van der Waals surface area contributed by atoms with Crippen LogP contribution >= 0.6 is 11.3 Å². The summed E-state index contributed by atoms with van der Waals surface area (Å²) < 4.78 is 45.5. The molecule has 1 aromatic heterocycles. The molecule has 12 heteroatoms. The number of ether oxygens (including phenoxy) is 2. The molecule has 0 aliphatic carbocycles. The van der Waals surface area contributed by atoms with Gasteiger partial charge < -0.3 is 25.0 Å². The molecule has 0 bridgehead atoms. The summed E-state index contributed by atoms with van der Waals surface area (Å²) in [6, 6.07) is 5.27. The molecular weight excluding hydrogens is 449 g/mol. The molecule has 0 radical (unpaired) electrons. The predicted octanol–water partition coefficient (Wildman–Crippen LogP) is 4.06. The number of carbonyl (C=O) groups excluding carboxylic acids is 2. The largest absolute Gasteiger partial charge is 0.573 e. The molecule has 2 aromatic rings. The van der Waals surface area contributed by atoms with E-state index in [0.717, 1.165) is 0 Å². The highest BCUT2D eigenvalue weighted by atomic mass is 32.1. The minimum Gasteiger partial charge on any atom is -0.450 e. The van der Waals surface area contributed by atoms with Crippen LogP contribution in [0.15, 0.2) is 29.6 Å². The van der Waals surface area contributed by atoms with Crippen molar-refractivity contribution < 1.29 is 32.2 Å². The van der Waals surface area contributed by atoms with Crippen molar-refractivity contribution in [1.29, 1.82) is 0 Å². The van der Waals surface area contributed by atoms with E-state index in [2.05, 4.69) is 20.4 Å². The average molecular weight is 472 g/mol. The number of thiazole rings is 1. The molecule has 174 valence electrons. The first-order chi connectivity index (χ1) is 15.2. The standard InChI is InChI=1S/C20H23F3N4O4S/c1-2-30-19(29)27-9-7-14(8-10-27)24-17(28)11-15-12-32-18(26-15)25-13-3-5-16(6-4-13)31-20(21,22)23/h3-6,12,14H,2,7-11H2,1H3,(H,24,28)(H,25,26). The van der Waals surface area contributed by atoms with Gasteiger partial charge in [-0.2, -0.15) is 0 Å². The Bertz CT molecular complexity index is 912. The van der Waals surface area contributed by atoms with Crippen molar-refractivity contribution in [3.63, 3.8) is 0 Å². The molecule has 3 rings (SSSR count). The van der Waals surface area contributed by atoms with Crippen molar-refractivity contribution in [2.75, 3.05) is 25.0 Å². The van der Waals surface area contributed by atoms with E-state index in [1.165, 1.54) is 35.6 Å². The Labute approximate surface area is 186 Å². The molecule has 1 aromatic carbocycles. The second kappa shape index (κ2) is 10.5. The van der Waals surface area contributed by atoms with Gasteiger partial charge in [0.15, 0.2) is 5.13 Å². The molecule has 0 atom stereocenters. The zero-order chi connectivity index (χ0) is 23.1. The summed E-state index contributed by atoms with van der Waals surface area (Å²) in [5, 5.41) is 8.20. The topological polar surface area (TPSA) is 92.8 Å². The van der Waals surface area contributed by atoms with E-state index in [0.29, 0.717) is 49.1 Å². The first kappa shape index (κ1) is 23.6. The van der Waals surface area contributed by atoms with Crippen LogP contribution in [0.2, 0.25) is 0 Å². The zero-order valence-corrected chi connectivity index (χ0v) is 18.1. The Balaban J connectivity index is 1.44.